The molecule has 15 heavy (non-hydrogen) atoms. The third-order valence-electron chi connectivity index (χ3n) is 2.25. The fourth-order valence-electron chi connectivity index (χ4n) is 1.51. The standard InChI is InChI=1S/C10H9NO4/c1-5-2-3-15-9(5)8-6(10(13)14)4-7(12)11-8/h2-3H,4H2,1H3,(H,11,12)(H,13,14). The van der Waals surface area contributed by atoms with Crippen LogP contribution in [-0.2, 0) is 9.59 Å². The first kappa shape index (κ1) is 9.51. The molecular weight excluding hydrogens is 198 g/mol. The summed E-state index contributed by atoms with van der Waals surface area (Å²) in [5, 5.41) is 11.4. The number of carboxylic acid groups (broad SMARTS) is 1. The van der Waals surface area contributed by atoms with E-state index < -0.39 is 5.97 Å². The third kappa shape index (κ3) is 1.52. The van der Waals surface area contributed by atoms with E-state index in [4.69, 9.17) is 9.52 Å². The lowest BCUT2D eigenvalue weighted by Crippen LogP contribution is -2.14. The summed E-state index contributed by atoms with van der Waals surface area (Å²) in [6.07, 6.45) is 1.35. The second-order valence-corrected chi connectivity index (χ2v) is 3.32. The Labute approximate surface area is 85.4 Å². The summed E-state index contributed by atoms with van der Waals surface area (Å²) in [7, 11) is 0. The van der Waals surface area contributed by atoms with Crippen molar-refractivity contribution >= 4 is 17.6 Å². The normalized spacial score (nSPS) is 15.7. The lowest BCUT2D eigenvalue weighted by atomic mass is 10.1. The average molecular weight is 207 g/mol. The van der Waals surface area contributed by atoms with E-state index in [9.17, 15) is 9.59 Å². The van der Waals surface area contributed by atoms with Gasteiger partial charge in [0.1, 0.15) is 0 Å². The van der Waals surface area contributed by atoms with Crippen LogP contribution < -0.4 is 5.32 Å². The van der Waals surface area contributed by atoms with Crippen molar-refractivity contribution in [3.05, 3.63) is 29.2 Å². The first-order chi connectivity index (χ1) is 7.09. The second kappa shape index (κ2) is 3.27. The van der Waals surface area contributed by atoms with Crippen LogP contribution >= 0.6 is 0 Å². The van der Waals surface area contributed by atoms with Gasteiger partial charge in [-0.25, -0.2) is 4.79 Å². The highest BCUT2D eigenvalue weighted by Gasteiger charge is 2.29. The summed E-state index contributed by atoms with van der Waals surface area (Å²) in [6, 6.07) is 1.71. The summed E-state index contributed by atoms with van der Waals surface area (Å²) in [4.78, 5) is 22.0. The summed E-state index contributed by atoms with van der Waals surface area (Å²) < 4.78 is 5.14. The van der Waals surface area contributed by atoms with Gasteiger partial charge in [0.15, 0.2) is 5.76 Å². The van der Waals surface area contributed by atoms with Gasteiger partial charge in [-0.05, 0) is 18.6 Å². The van der Waals surface area contributed by atoms with E-state index in [0.717, 1.165) is 5.56 Å². The highest BCUT2D eigenvalue weighted by atomic mass is 16.4. The van der Waals surface area contributed by atoms with E-state index >= 15 is 0 Å². The Kier molecular flexibility index (Phi) is 2.07. The molecule has 1 amide bonds. The lowest BCUT2D eigenvalue weighted by molar-refractivity contribution is -0.133. The quantitative estimate of drug-likeness (QED) is 0.755. The molecule has 5 nitrogen and oxygen atoms in total. The van der Waals surface area contributed by atoms with Gasteiger partial charge < -0.3 is 14.8 Å². The van der Waals surface area contributed by atoms with Crippen molar-refractivity contribution in [3.8, 4) is 0 Å². The first-order valence-electron chi connectivity index (χ1n) is 4.40. The maximum atomic E-state index is 11.1. The molecule has 1 aliphatic heterocycles. The number of amides is 1. The average Bonchev–Trinajstić information content (AvgIpc) is 2.71. The molecule has 78 valence electrons. The van der Waals surface area contributed by atoms with Gasteiger partial charge >= 0.3 is 5.97 Å². The minimum atomic E-state index is -1.10. The van der Waals surface area contributed by atoms with Crippen molar-refractivity contribution in [2.24, 2.45) is 0 Å². The Hall–Kier alpha value is -2.04. The molecule has 0 saturated heterocycles. The topological polar surface area (TPSA) is 79.5 Å². The van der Waals surface area contributed by atoms with Crippen molar-refractivity contribution < 1.29 is 19.1 Å². The molecule has 1 aromatic heterocycles. The first-order valence-corrected chi connectivity index (χ1v) is 4.40. The monoisotopic (exact) mass is 207 g/mol. The molecule has 0 aliphatic carbocycles. The van der Waals surface area contributed by atoms with Gasteiger partial charge in [0.2, 0.25) is 5.91 Å². The Balaban J connectivity index is 2.51. The van der Waals surface area contributed by atoms with Crippen LogP contribution in [0.15, 0.2) is 22.3 Å². The molecule has 0 spiro atoms. The summed E-state index contributed by atoms with van der Waals surface area (Å²) in [5.74, 6) is -1.00. The number of carbonyl (C=O) groups is 2. The smallest absolute Gasteiger partial charge is 0.334 e. The van der Waals surface area contributed by atoms with Crippen LogP contribution in [-0.4, -0.2) is 17.0 Å². The van der Waals surface area contributed by atoms with Crippen molar-refractivity contribution in [1.82, 2.24) is 5.32 Å². The number of aliphatic carboxylic acids is 1. The van der Waals surface area contributed by atoms with Gasteiger partial charge in [0.05, 0.1) is 24.0 Å². The minimum Gasteiger partial charge on any atom is -0.478 e. The largest absolute Gasteiger partial charge is 0.478 e. The predicted molar refractivity (Wildman–Crippen MR) is 50.8 cm³/mol. The van der Waals surface area contributed by atoms with E-state index in [2.05, 4.69) is 5.32 Å². The van der Waals surface area contributed by atoms with E-state index in [1.165, 1.54) is 6.26 Å². The van der Waals surface area contributed by atoms with Crippen LogP contribution in [0.2, 0.25) is 0 Å². The molecule has 1 aliphatic rings. The Bertz CT molecular complexity index is 470. The second-order valence-electron chi connectivity index (χ2n) is 3.32. The van der Waals surface area contributed by atoms with Gasteiger partial charge in [-0.15, -0.1) is 0 Å². The fourth-order valence-corrected chi connectivity index (χ4v) is 1.51. The minimum absolute atomic E-state index is 0.0538. The maximum absolute atomic E-state index is 11.1. The summed E-state index contributed by atoms with van der Waals surface area (Å²) >= 11 is 0. The Morgan fingerprint density at radius 3 is 2.87 bits per heavy atom. The summed E-state index contributed by atoms with van der Waals surface area (Å²) in [5.41, 5.74) is 1.12. The molecule has 2 N–H and O–H groups in total. The van der Waals surface area contributed by atoms with Crippen molar-refractivity contribution in [3.63, 3.8) is 0 Å². The van der Waals surface area contributed by atoms with Gasteiger partial charge in [0, 0.05) is 0 Å². The zero-order valence-corrected chi connectivity index (χ0v) is 8.03. The Morgan fingerprint density at radius 1 is 1.60 bits per heavy atom. The van der Waals surface area contributed by atoms with Crippen LogP contribution in [0.3, 0.4) is 0 Å². The van der Waals surface area contributed by atoms with Gasteiger partial charge in [-0.1, -0.05) is 0 Å². The van der Waals surface area contributed by atoms with Crippen LogP contribution in [0.4, 0.5) is 0 Å². The number of carbonyl (C=O) groups excluding carboxylic acids is 1. The number of hydrogen-bond donors (Lipinski definition) is 2. The summed E-state index contributed by atoms with van der Waals surface area (Å²) in [6.45, 7) is 1.79. The number of furan rings is 1. The molecule has 0 radical (unpaired) electrons. The number of hydrogen-bond acceptors (Lipinski definition) is 3. The lowest BCUT2D eigenvalue weighted by Gasteiger charge is -2.01. The fraction of sp³-hybridized carbons (Fsp3) is 0.200. The predicted octanol–water partition coefficient (Wildman–Crippen LogP) is 0.904. The molecule has 0 saturated carbocycles. The highest BCUT2D eigenvalue weighted by Crippen LogP contribution is 2.26. The molecule has 0 unspecified atom stereocenters. The number of rotatable bonds is 2. The van der Waals surface area contributed by atoms with Crippen LogP contribution in [0.1, 0.15) is 17.7 Å². The number of carboxylic acids is 1. The van der Waals surface area contributed by atoms with Crippen molar-refractivity contribution in [2.75, 3.05) is 0 Å². The zero-order valence-electron chi connectivity index (χ0n) is 8.03. The van der Waals surface area contributed by atoms with Gasteiger partial charge in [-0.2, -0.15) is 0 Å². The highest BCUT2D eigenvalue weighted by molar-refractivity contribution is 6.08. The molecule has 5 heteroatoms. The molecule has 0 fully saturated rings. The van der Waals surface area contributed by atoms with E-state index in [1.54, 1.807) is 13.0 Å². The van der Waals surface area contributed by atoms with Crippen LogP contribution in [0, 0.1) is 6.92 Å². The SMILES string of the molecule is Cc1ccoc1C1=C(C(=O)O)CC(=O)N1. The van der Waals surface area contributed by atoms with Crippen LogP contribution in [0.25, 0.3) is 5.70 Å². The molecule has 0 bridgehead atoms. The molecule has 0 aromatic carbocycles. The van der Waals surface area contributed by atoms with Crippen LogP contribution in [0.5, 0.6) is 0 Å². The van der Waals surface area contributed by atoms with Gasteiger partial charge in [-0.3, -0.25) is 4.79 Å². The molecule has 0 atom stereocenters. The number of aryl methyl sites for hydroxylation is 1. The zero-order chi connectivity index (χ0) is 11.0. The van der Waals surface area contributed by atoms with E-state index in [1.807, 2.05) is 0 Å². The van der Waals surface area contributed by atoms with Crippen molar-refractivity contribution in [2.45, 2.75) is 13.3 Å². The molecule has 2 rings (SSSR count). The molecular formula is C10H9NO4. The molecule has 2 heterocycles. The van der Waals surface area contributed by atoms with Gasteiger partial charge in [0.25, 0.3) is 0 Å². The van der Waals surface area contributed by atoms with E-state index in [-0.39, 0.29) is 23.6 Å². The Morgan fingerprint density at radius 2 is 2.33 bits per heavy atom. The van der Waals surface area contributed by atoms with Crippen molar-refractivity contribution in [1.29, 1.82) is 0 Å². The molecule has 1 aromatic rings. The van der Waals surface area contributed by atoms with E-state index in [0.29, 0.717) is 5.76 Å². The number of nitrogens with one attached hydrogen (secondary N) is 1. The maximum Gasteiger partial charge on any atom is 0.334 e. The third-order valence-corrected chi connectivity index (χ3v) is 2.25.